The molecule has 0 amide bonds. The van der Waals surface area contributed by atoms with E-state index in [-0.39, 0.29) is 5.41 Å². The van der Waals surface area contributed by atoms with E-state index in [0.29, 0.717) is 0 Å². The highest BCUT2D eigenvalue weighted by Gasteiger charge is 2.35. The van der Waals surface area contributed by atoms with E-state index in [1.807, 2.05) is 0 Å². The lowest BCUT2D eigenvalue weighted by Gasteiger charge is -2.22. The quantitative estimate of drug-likeness (QED) is 0.248. The van der Waals surface area contributed by atoms with E-state index in [9.17, 15) is 0 Å². The van der Waals surface area contributed by atoms with Crippen LogP contribution in [0, 0.1) is 6.92 Å². The van der Waals surface area contributed by atoms with Crippen LogP contribution in [0.5, 0.6) is 0 Å². The molecule has 1 aliphatic rings. The molecule has 1 aromatic heterocycles. The molecule has 0 unspecified atom stereocenters. The number of hydrogen-bond acceptors (Lipinski definition) is 0. The van der Waals surface area contributed by atoms with Crippen molar-refractivity contribution >= 4 is 21.8 Å². The molecule has 0 radical (unpaired) electrons. The number of aryl methyl sites for hydroxylation is 1. The van der Waals surface area contributed by atoms with Crippen LogP contribution in [0.4, 0.5) is 0 Å². The highest BCUT2D eigenvalue weighted by Crippen LogP contribution is 2.49. The predicted octanol–water partition coefficient (Wildman–Crippen LogP) is 9.07. The van der Waals surface area contributed by atoms with Gasteiger partial charge in [0.15, 0.2) is 0 Å². The summed E-state index contributed by atoms with van der Waals surface area (Å²) in [4.78, 5) is 0. The average Bonchev–Trinajstić information content (AvgIpc) is 3.33. The first-order valence-electron chi connectivity index (χ1n) is 12.4. The van der Waals surface area contributed by atoms with Crippen molar-refractivity contribution < 1.29 is 0 Å². The number of rotatable bonds is 2. The second-order valence-corrected chi connectivity index (χ2v) is 10.4. The van der Waals surface area contributed by atoms with Gasteiger partial charge in [0, 0.05) is 21.9 Å². The van der Waals surface area contributed by atoms with Crippen molar-refractivity contribution in [2.45, 2.75) is 26.2 Å². The zero-order chi connectivity index (χ0) is 23.7. The highest BCUT2D eigenvalue weighted by atomic mass is 15.0. The summed E-state index contributed by atoms with van der Waals surface area (Å²) in [7, 11) is 0. The molecule has 1 aliphatic carbocycles. The molecule has 0 spiro atoms. The average molecular weight is 450 g/mol. The van der Waals surface area contributed by atoms with Gasteiger partial charge in [0.2, 0.25) is 0 Å². The third-order valence-electron chi connectivity index (χ3n) is 7.85. The second kappa shape index (κ2) is 7.20. The van der Waals surface area contributed by atoms with Gasteiger partial charge in [-0.15, -0.1) is 0 Å². The summed E-state index contributed by atoms with van der Waals surface area (Å²) >= 11 is 0. The molecule has 1 heterocycles. The normalized spacial score (nSPS) is 13.8. The van der Waals surface area contributed by atoms with Crippen molar-refractivity contribution in [3.05, 3.63) is 126 Å². The summed E-state index contributed by atoms with van der Waals surface area (Å²) in [6.45, 7) is 6.86. The van der Waals surface area contributed by atoms with Crippen LogP contribution in [0.1, 0.15) is 30.5 Å². The maximum Gasteiger partial charge on any atom is 0.0547 e. The number of aromatic nitrogens is 1. The Morgan fingerprint density at radius 3 is 2.17 bits per heavy atom. The molecule has 0 saturated heterocycles. The number of nitrogens with zero attached hydrogens (tertiary/aromatic N) is 1. The molecular weight excluding hydrogens is 422 g/mol. The third-order valence-corrected chi connectivity index (χ3v) is 7.85. The number of hydrogen-bond donors (Lipinski definition) is 0. The van der Waals surface area contributed by atoms with Crippen LogP contribution in [0.15, 0.2) is 109 Å². The Bertz CT molecular complexity index is 1780. The van der Waals surface area contributed by atoms with Gasteiger partial charge >= 0.3 is 0 Å². The molecule has 1 nitrogen and oxygen atoms in total. The molecule has 6 aromatic rings. The lowest BCUT2D eigenvalue weighted by Crippen LogP contribution is -2.15. The monoisotopic (exact) mass is 449 g/mol. The molecule has 0 atom stereocenters. The molecule has 1 heteroatoms. The Kier molecular flexibility index (Phi) is 4.17. The lowest BCUT2D eigenvalue weighted by atomic mass is 9.82. The van der Waals surface area contributed by atoms with E-state index in [0.717, 1.165) is 0 Å². The number of fused-ring (bicyclic) bond motifs is 6. The van der Waals surface area contributed by atoms with Crippen LogP contribution in [0.25, 0.3) is 49.7 Å². The van der Waals surface area contributed by atoms with E-state index in [4.69, 9.17) is 0 Å². The van der Waals surface area contributed by atoms with Crippen LogP contribution in [0.3, 0.4) is 0 Å². The van der Waals surface area contributed by atoms with Gasteiger partial charge in [-0.1, -0.05) is 104 Å². The largest absolute Gasteiger partial charge is 0.309 e. The molecule has 0 saturated carbocycles. The predicted molar refractivity (Wildman–Crippen MR) is 149 cm³/mol. The van der Waals surface area contributed by atoms with E-state index >= 15 is 0 Å². The van der Waals surface area contributed by atoms with Gasteiger partial charge in [0.1, 0.15) is 0 Å². The lowest BCUT2D eigenvalue weighted by molar-refractivity contribution is 0.660. The van der Waals surface area contributed by atoms with Gasteiger partial charge in [-0.2, -0.15) is 0 Å². The first-order valence-corrected chi connectivity index (χ1v) is 12.4. The van der Waals surface area contributed by atoms with Crippen LogP contribution in [-0.4, -0.2) is 4.57 Å². The molecule has 0 N–H and O–H groups in total. The maximum absolute atomic E-state index is 2.45. The van der Waals surface area contributed by atoms with E-state index in [1.54, 1.807) is 0 Å². The van der Waals surface area contributed by atoms with Crippen molar-refractivity contribution in [2.75, 3.05) is 0 Å². The molecule has 0 aliphatic heterocycles. The van der Waals surface area contributed by atoms with Crippen molar-refractivity contribution in [2.24, 2.45) is 0 Å². The SMILES string of the molecule is Cc1cccc(-c2ccc3c4ccccc4n(-c4ccc5c(c4)C(C)(C)c4ccccc4-5)c3c2)c1. The zero-order valence-electron chi connectivity index (χ0n) is 20.3. The molecular formula is C34H27N. The Morgan fingerprint density at radius 2 is 1.29 bits per heavy atom. The van der Waals surface area contributed by atoms with Crippen LogP contribution >= 0.6 is 0 Å². The molecule has 0 bridgehead atoms. The Hall–Kier alpha value is -4.10. The summed E-state index contributed by atoms with van der Waals surface area (Å²) in [6, 6.07) is 40.3. The number of para-hydroxylation sites is 1. The fourth-order valence-corrected chi connectivity index (χ4v) is 6.08. The van der Waals surface area contributed by atoms with Crippen LogP contribution in [-0.2, 0) is 5.41 Å². The summed E-state index contributed by atoms with van der Waals surface area (Å²) in [5.74, 6) is 0. The molecule has 168 valence electrons. The van der Waals surface area contributed by atoms with Crippen molar-refractivity contribution in [3.63, 3.8) is 0 Å². The fourth-order valence-electron chi connectivity index (χ4n) is 6.08. The Balaban J connectivity index is 1.51. The minimum absolute atomic E-state index is 0.0204. The van der Waals surface area contributed by atoms with Crippen molar-refractivity contribution in [1.29, 1.82) is 0 Å². The van der Waals surface area contributed by atoms with Gasteiger partial charge in [-0.25, -0.2) is 0 Å². The molecule has 7 rings (SSSR count). The second-order valence-electron chi connectivity index (χ2n) is 10.4. The highest BCUT2D eigenvalue weighted by molar-refractivity contribution is 6.10. The minimum atomic E-state index is -0.0204. The summed E-state index contributed by atoms with van der Waals surface area (Å²) in [6.07, 6.45) is 0. The standard InChI is InChI=1S/C34H27N/c1-22-9-8-10-23(19-22)24-15-17-29-28-12-5-7-14-32(28)35(33(29)20-24)25-16-18-27-26-11-4-6-13-30(26)34(2,3)31(27)21-25/h4-21H,1-3H3. The Labute approximate surface area is 206 Å². The van der Waals surface area contributed by atoms with E-state index in [1.165, 1.54) is 66.4 Å². The first-order chi connectivity index (χ1) is 17.0. The van der Waals surface area contributed by atoms with Crippen LogP contribution in [0.2, 0.25) is 0 Å². The maximum atomic E-state index is 2.45. The molecule has 0 fully saturated rings. The zero-order valence-corrected chi connectivity index (χ0v) is 20.3. The third kappa shape index (κ3) is 2.88. The molecule has 5 aromatic carbocycles. The van der Waals surface area contributed by atoms with Gasteiger partial charge < -0.3 is 4.57 Å². The molecule has 35 heavy (non-hydrogen) atoms. The van der Waals surface area contributed by atoms with Crippen LogP contribution < -0.4 is 0 Å². The summed E-state index contributed by atoms with van der Waals surface area (Å²) in [5.41, 5.74) is 13.0. The number of benzene rings is 5. The van der Waals surface area contributed by atoms with E-state index in [2.05, 4.69) is 135 Å². The van der Waals surface area contributed by atoms with Gasteiger partial charge in [-0.05, 0) is 64.6 Å². The summed E-state index contributed by atoms with van der Waals surface area (Å²) in [5, 5.41) is 2.58. The minimum Gasteiger partial charge on any atom is -0.309 e. The smallest absolute Gasteiger partial charge is 0.0547 e. The van der Waals surface area contributed by atoms with Gasteiger partial charge in [0.05, 0.1) is 11.0 Å². The first kappa shape index (κ1) is 20.3. The van der Waals surface area contributed by atoms with Crippen molar-refractivity contribution in [1.82, 2.24) is 4.57 Å². The summed E-state index contributed by atoms with van der Waals surface area (Å²) < 4.78 is 2.45. The van der Waals surface area contributed by atoms with Crippen molar-refractivity contribution in [3.8, 4) is 27.9 Å². The van der Waals surface area contributed by atoms with Gasteiger partial charge in [0.25, 0.3) is 0 Å². The Morgan fingerprint density at radius 1 is 0.543 bits per heavy atom. The topological polar surface area (TPSA) is 4.93 Å². The van der Waals surface area contributed by atoms with Gasteiger partial charge in [-0.3, -0.25) is 0 Å². The fraction of sp³-hybridized carbons (Fsp3) is 0.118. The van der Waals surface area contributed by atoms with E-state index < -0.39 is 0 Å².